The average Bonchev–Trinajstić information content (AvgIpc) is 2.70. The molecular formula is C9H7BrN2OS. The minimum absolute atomic E-state index is 0.596. The van der Waals surface area contributed by atoms with Gasteiger partial charge in [-0.3, -0.25) is 4.98 Å². The lowest BCUT2D eigenvalue weighted by Crippen LogP contribution is -2.03. The second-order valence-corrected chi connectivity index (χ2v) is 4.26. The molecule has 0 aliphatic rings. The Hall–Kier alpha value is -0.780. The average molecular weight is 271 g/mol. The maximum Gasteiger partial charge on any atom is 0.140 e. The molecule has 0 saturated heterocycles. The van der Waals surface area contributed by atoms with E-state index in [-0.39, 0.29) is 0 Å². The van der Waals surface area contributed by atoms with Gasteiger partial charge in [0, 0.05) is 16.0 Å². The maximum atomic E-state index is 9.91. The fourth-order valence-electron chi connectivity index (χ4n) is 1.10. The van der Waals surface area contributed by atoms with Crippen LogP contribution < -0.4 is 0 Å². The Morgan fingerprint density at radius 1 is 1.43 bits per heavy atom. The van der Waals surface area contributed by atoms with E-state index in [9.17, 15) is 5.11 Å². The van der Waals surface area contributed by atoms with E-state index in [4.69, 9.17) is 0 Å². The van der Waals surface area contributed by atoms with E-state index in [0.717, 1.165) is 4.47 Å². The molecule has 0 aromatic carbocycles. The van der Waals surface area contributed by atoms with Crippen LogP contribution in [0.3, 0.4) is 0 Å². The molecule has 3 nitrogen and oxygen atoms in total. The highest BCUT2D eigenvalue weighted by atomic mass is 79.9. The lowest BCUT2D eigenvalue weighted by molar-refractivity contribution is 0.210. The van der Waals surface area contributed by atoms with Crippen molar-refractivity contribution in [2.75, 3.05) is 0 Å². The monoisotopic (exact) mass is 270 g/mol. The number of hydrogen-bond donors (Lipinski definition) is 1. The van der Waals surface area contributed by atoms with Crippen LogP contribution in [0.1, 0.15) is 17.5 Å². The lowest BCUT2D eigenvalue weighted by Gasteiger charge is -2.08. The summed E-state index contributed by atoms with van der Waals surface area (Å²) < 4.78 is 0.792. The number of pyridine rings is 1. The zero-order valence-corrected chi connectivity index (χ0v) is 9.49. The van der Waals surface area contributed by atoms with Gasteiger partial charge in [0.2, 0.25) is 0 Å². The predicted molar refractivity (Wildman–Crippen MR) is 58.1 cm³/mol. The van der Waals surface area contributed by atoms with Gasteiger partial charge in [-0.2, -0.15) is 0 Å². The number of hydrogen-bond acceptors (Lipinski definition) is 4. The van der Waals surface area contributed by atoms with Gasteiger partial charge in [-0.1, -0.05) is 0 Å². The molecule has 1 unspecified atom stereocenters. The first-order valence-corrected chi connectivity index (χ1v) is 5.69. The van der Waals surface area contributed by atoms with Crippen LogP contribution in [0.5, 0.6) is 0 Å². The number of nitrogens with zero attached hydrogens (tertiary/aromatic N) is 2. The Morgan fingerprint density at radius 2 is 2.29 bits per heavy atom. The summed E-state index contributed by atoms with van der Waals surface area (Å²) in [4.78, 5) is 8.14. The summed E-state index contributed by atoms with van der Waals surface area (Å²) in [5.41, 5.74) is 2.92. The van der Waals surface area contributed by atoms with E-state index in [0.29, 0.717) is 11.4 Å². The SMILES string of the molecule is OC(c1cscn1)c1ncccc1Br. The van der Waals surface area contributed by atoms with Crippen LogP contribution in [0.4, 0.5) is 0 Å². The molecule has 0 saturated carbocycles. The van der Waals surface area contributed by atoms with Crippen LogP contribution in [0, 0.1) is 0 Å². The van der Waals surface area contributed by atoms with E-state index in [1.165, 1.54) is 11.3 Å². The predicted octanol–water partition coefficient (Wildman–Crippen LogP) is 2.38. The van der Waals surface area contributed by atoms with Crippen molar-refractivity contribution in [2.45, 2.75) is 6.10 Å². The Balaban J connectivity index is 2.37. The molecule has 0 aliphatic heterocycles. The highest BCUT2D eigenvalue weighted by Crippen LogP contribution is 2.25. The molecule has 0 amide bonds. The van der Waals surface area contributed by atoms with Gasteiger partial charge in [-0.15, -0.1) is 11.3 Å². The maximum absolute atomic E-state index is 9.91. The van der Waals surface area contributed by atoms with Crippen molar-refractivity contribution in [3.05, 3.63) is 45.1 Å². The largest absolute Gasteiger partial charge is 0.380 e. The zero-order chi connectivity index (χ0) is 9.97. The molecule has 5 heteroatoms. The number of thiazole rings is 1. The minimum Gasteiger partial charge on any atom is -0.380 e. The third kappa shape index (κ3) is 1.84. The van der Waals surface area contributed by atoms with Crippen molar-refractivity contribution in [1.82, 2.24) is 9.97 Å². The summed E-state index contributed by atoms with van der Waals surface area (Å²) in [5.74, 6) is 0. The standard InChI is InChI=1S/C9H7BrN2OS/c10-6-2-1-3-11-8(6)9(13)7-4-14-5-12-7/h1-5,9,13H. The molecule has 0 radical (unpaired) electrons. The molecule has 1 N–H and O–H groups in total. The highest BCUT2D eigenvalue weighted by Gasteiger charge is 2.16. The van der Waals surface area contributed by atoms with Crippen LogP contribution in [0.2, 0.25) is 0 Å². The van der Waals surface area contributed by atoms with Gasteiger partial charge >= 0.3 is 0 Å². The molecule has 2 rings (SSSR count). The molecule has 2 aromatic heterocycles. The van der Waals surface area contributed by atoms with Crippen LogP contribution in [-0.4, -0.2) is 15.1 Å². The third-order valence-corrected chi connectivity index (χ3v) is 3.05. The first-order chi connectivity index (χ1) is 6.79. The summed E-state index contributed by atoms with van der Waals surface area (Å²) in [6.45, 7) is 0. The molecule has 72 valence electrons. The van der Waals surface area contributed by atoms with Gasteiger partial charge in [-0.25, -0.2) is 4.98 Å². The second-order valence-electron chi connectivity index (χ2n) is 2.69. The van der Waals surface area contributed by atoms with Gasteiger partial charge in [0.1, 0.15) is 6.10 Å². The highest BCUT2D eigenvalue weighted by molar-refractivity contribution is 9.10. The molecule has 0 spiro atoms. The van der Waals surface area contributed by atoms with Gasteiger partial charge in [0.05, 0.1) is 16.9 Å². The number of rotatable bonds is 2. The van der Waals surface area contributed by atoms with Crippen molar-refractivity contribution in [1.29, 1.82) is 0 Å². The molecule has 0 aliphatic carbocycles. The molecular weight excluding hydrogens is 264 g/mol. The second kappa shape index (κ2) is 4.16. The minimum atomic E-state index is -0.753. The zero-order valence-electron chi connectivity index (χ0n) is 7.09. The van der Waals surface area contributed by atoms with Crippen LogP contribution in [0.25, 0.3) is 0 Å². The van der Waals surface area contributed by atoms with Gasteiger partial charge < -0.3 is 5.11 Å². The van der Waals surface area contributed by atoms with Gasteiger partial charge in [-0.05, 0) is 28.1 Å². The fraction of sp³-hybridized carbons (Fsp3) is 0.111. The fourth-order valence-corrected chi connectivity index (χ4v) is 2.14. The first kappa shape index (κ1) is 9.76. The Morgan fingerprint density at radius 3 is 2.93 bits per heavy atom. The van der Waals surface area contributed by atoms with Crippen molar-refractivity contribution < 1.29 is 5.11 Å². The summed E-state index contributed by atoms with van der Waals surface area (Å²) in [5, 5.41) is 11.7. The summed E-state index contributed by atoms with van der Waals surface area (Å²) >= 11 is 4.79. The summed E-state index contributed by atoms with van der Waals surface area (Å²) in [7, 11) is 0. The van der Waals surface area contributed by atoms with E-state index >= 15 is 0 Å². The van der Waals surface area contributed by atoms with E-state index in [1.807, 2.05) is 11.4 Å². The summed E-state index contributed by atoms with van der Waals surface area (Å²) in [6, 6.07) is 3.65. The number of aliphatic hydroxyl groups excluding tert-OH is 1. The van der Waals surface area contributed by atoms with Crippen molar-refractivity contribution in [2.24, 2.45) is 0 Å². The van der Waals surface area contributed by atoms with Crippen LogP contribution in [0.15, 0.2) is 33.7 Å². The van der Waals surface area contributed by atoms with Crippen LogP contribution >= 0.6 is 27.3 Å². The molecule has 14 heavy (non-hydrogen) atoms. The third-order valence-electron chi connectivity index (χ3n) is 1.78. The van der Waals surface area contributed by atoms with Crippen molar-refractivity contribution in [3.8, 4) is 0 Å². The topological polar surface area (TPSA) is 46.0 Å². The van der Waals surface area contributed by atoms with E-state index < -0.39 is 6.10 Å². The van der Waals surface area contributed by atoms with Crippen LogP contribution in [-0.2, 0) is 0 Å². The molecule has 0 fully saturated rings. The Kier molecular flexibility index (Phi) is 2.90. The van der Waals surface area contributed by atoms with Gasteiger partial charge in [0.15, 0.2) is 0 Å². The Labute approximate surface area is 93.6 Å². The number of aromatic nitrogens is 2. The molecule has 1 atom stereocenters. The molecule has 2 aromatic rings. The Bertz CT molecular complexity index is 419. The smallest absolute Gasteiger partial charge is 0.140 e. The lowest BCUT2D eigenvalue weighted by atomic mass is 10.2. The quantitative estimate of drug-likeness (QED) is 0.912. The van der Waals surface area contributed by atoms with Gasteiger partial charge in [0.25, 0.3) is 0 Å². The molecule has 0 bridgehead atoms. The first-order valence-electron chi connectivity index (χ1n) is 3.95. The van der Waals surface area contributed by atoms with E-state index in [2.05, 4.69) is 25.9 Å². The number of aliphatic hydroxyl groups is 1. The van der Waals surface area contributed by atoms with E-state index in [1.54, 1.807) is 17.8 Å². The molecule has 2 heterocycles. The number of halogens is 1. The van der Waals surface area contributed by atoms with Crippen molar-refractivity contribution >= 4 is 27.3 Å². The van der Waals surface area contributed by atoms with Crippen molar-refractivity contribution in [3.63, 3.8) is 0 Å². The summed E-state index contributed by atoms with van der Waals surface area (Å²) in [6.07, 6.45) is 0.896. The normalized spacial score (nSPS) is 12.7.